The second kappa shape index (κ2) is 8.83. The smallest absolute Gasteiger partial charge is 0.146 e. The van der Waals surface area contributed by atoms with Crippen LogP contribution >= 0.6 is 0 Å². The van der Waals surface area contributed by atoms with Crippen LogP contribution in [0.4, 0.5) is 15.9 Å². The molecular weight excluding hydrogens is 403 g/mol. The first-order valence-electron chi connectivity index (χ1n) is 10.6. The van der Waals surface area contributed by atoms with Crippen molar-refractivity contribution in [2.45, 2.75) is 26.8 Å². The fraction of sp³-hybridized carbons (Fsp3) is 0.231. The number of methoxy groups -OCH3 is 1. The lowest BCUT2D eigenvalue weighted by Gasteiger charge is -2.19. The molecule has 0 atom stereocenters. The van der Waals surface area contributed by atoms with Crippen LogP contribution in [0.25, 0.3) is 22.0 Å². The molecule has 0 saturated heterocycles. The molecule has 0 unspecified atom stereocenters. The molecule has 164 valence electrons. The Morgan fingerprint density at radius 1 is 1.06 bits per heavy atom. The van der Waals surface area contributed by atoms with E-state index in [1.807, 2.05) is 50.5 Å². The van der Waals surface area contributed by atoms with Gasteiger partial charge in [0.1, 0.15) is 17.4 Å². The van der Waals surface area contributed by atoms with Crippen molar-refractivity contribution in [1.82, 2.24) is 9.97 Å². The summed E-state index contributed by atoms with van der Waals surface area (Å²) in [5.41, 5.74) is 11.7. The molecule has 4 rings (SSSR count). The van der Waals surface area contributed by atoms with E-state index in [4.69, 9.17) is 15.5 Å². The number of aromatic nitrogens is 2. The van der Waals surface area contributed by atoms with Gasteiger partial charge in [-0.05, 0) is 60.4 Å². The highest BCUT2D eigenvalue weighted by Crippen LogP contribution is 2.32. The molecule has 6 heteroatoms. The first-order chi connectivity index (χ1) is 15.4. The summed E-state index contributed by atoms with van der Waals surface area (Å²) < 4.78 is 19.1. The number of nitrogens with zero attached hydrogens (tertiary/aromatic N) is 3. The van der Waals surface area contributed by atoms with Crippen molar-refractivity contribution in [3.8, 4) is 16.9 Å². The summed E-state index contributed by atoms with van der Waals surface area (Å²) in [6, 6.07) is 15.3. The van der Waals surface area contributed by atoms with Crippen LogP contribution in [0, 0.1) is 12.7 Å². The van der Waals surface area contributed by atoms with E-state index in [0.29, 0.717) is 0 Å². The van der Waals surface area contributed by atoms with Crippen molar-refractivity contribution in [1.29, 1.82) is 0 Å². The molecule has 2 heterocycles. The van der Waals surface area contributed by atoms with Crippen molar-refractivity contribution in [3.05, 3.63) is 77.4 Å². The summed E-state index contributed by atoms with van der Waals surface area (Å²) in [6.45, 7) is 4.67. The topological polar surface area (TPSA) is 64.3 Å². The summed E-state index contributed by atoms with van der Waals surface area (Å²) in [5, 5.41) is 0.932. The van der Waals surface area contributed by atoms with Crippen molar-refractivity contribution < 1.29 is 9.13 Å². The van der Waals surface area contributed by atoms with Gasteiger partial charge in [-0.1, -0.05) is 19.1 Å². The van der Waals surface area contributed by atoms with Gasteiger partial charge in [-0.15, -0.1) is 0 Å². The monoisotopic (exact) mass is 430 g/mol. The molecule has 0 aliphatic rings. The lowest BCUT2D eigenvalue weighted by atomic mass is 9.96. The van der Waals surface area contributed by atoms with Crippen LogP contribution in [-0.2, 0) is 13.0 Å². The van der Waals surface area contributed by atoms with Crippen LogP contribution in [0.3, 0.4) is 0 Å². The fourth-order valence-electron chi connectivity index (χ4n) is 3.87. The van der Waals surface area contributed by atoms with Crippen LogP contribution in [-0.4, -0.2) is 24.1 Å². The summed E-state index contributed by atoms with van der Waals surface area (Å²) >= 11 is 0. The maximum absolute atomic E-state index is 13.9. The minimum absolute atomic E-state index is 0.140. The van der Waals surface area contributed by atoms with E-state index in [1.54, 1.807) is 13.2 Å². The third kappa shape index (κ3) is 4.21. The van der Waals surface area contributed by atoms with Gasteiger partial charge in [0, 0.05) is 42.5 Å². The number of benzene rings is 2. The number of nitrogens with two attached hydrogens (primary N) is 1. The number of hydrogen-bond acceptors (Lipinski definition) is 5. The van der Waals surface area contributed by atoms with E-state index in [0.717, 1.165) is 63.4 Å². The van der Waals surface area contributed by atoms with Crippen LogP contribution in [0.15, 0.2) is 54.7 Å². The number of nitrogen functional groups attached to an aromatic ring is 1. The number of fused-ring (bicyclic) bond motifs is 1. The highest BCUT2D eigenvalue weighted by atomic mass is 19.1. The number of hydrogen-bond donors (Lipinski definition) is 1. The lowest BCUT2D eigenvalue weighted by molar-refractivity contribution is 0.414. The van der Waals surface area contributed by atoms with Gasteiger partial charge in [0.15, 0.2) is 0 Å². The number of pyridine rings is 2. The first kappa shape index (κ1) is 21.6. The molecule has 0 aliphatic carbocycles. The second-order valence-electron chi connectivity index (χ2n) is 7.96. The van der Waals surface area contributed by atoms with Crippen LogP contribution in [0.2, 0.25) is 0 Å². The Morgan fingerprint density at radius 2 is 1.81 bits per heavy atom. The van der Waals surface area contributed by atoms with Gasteiger partial charge < -0.3 is 15.4 Å². The molecule has 5 nitrogen and oxygen atoms in total. The van der Waals surface area contributed by atoms with Gasteiger partial charge >= 0.3 is 0 Å². The van der Waals surface area contributed by atoms with Gasteiger partial charge in [-0.25, -0.2) is 9.37 Å². The Morgan fingerprint density at radius 3 is 2.50 bits per heavy atom. The molecule has 0 radical (unpaired) electrons. The van der Waals surface area contributed by atoms with Crippen molar-refractivity contribution in [2.24, 2.45) is 0 Å². The van der Waals surface area contributed by atoms with E-state index < -0.39 is 5.82 Å². The maximum atomic E-state index is 13.9. The van der Waals surface area contributed by atoms with E-state index in [-0.39, 0.29) is 5.69 Å². The molecule has 2 aromatic heterocycles. The average Bonchev–Trinajstić information content (AvgIpc) is 2.80. The van der Waals surface area contributed by atoms with Gasteiger partial charge in [0.05, 0.1) is 18.3 Å². The van der Waals surface area contributed by atoms with Gasteiger partial charge in [-0.2, -0.15) is 0 Å². The molecule has 0 spiro atoms. The number of rotatable bonds is 6. The maximum Gasteiger partial charge on any atom is 0.146 e. The van der Waals surface area contributed by atoms with Gasteiger partial charge in [0.2, 0.25) is 0 Å². The zero-order chi connectivity index (χ0) is 22.8. The highest BCUT2D eigenvalue weighted by Gasteiger charge is 2.14. The predicted octanol–water partition coefficient (Wildman–Crippen LogP) is 5.53. The number of halogens is 1. The highest BCUT2D eigenvalue weighted by molar-refractivity contribution is 5.87. The summed E-state index contributed by atoms with van der Waals surface area (Å²) in [5.74, 6) is 1.28. The molecule has 0 amide bonds. The van der Waals surface area contributed by atoms with E-state index in [9.17, 15) is 4.39 Å². The second-order valence-corrected chi connectivity index (χ2v) is 7.96. The number of ether oxygens (including phenoxy) is 1. The normalized spacial score (nSPS) is 11.0. The molecule has 0 fully saturated rings. The minimum Gasteiger partial charge on any atom is -0.497 e. The summed E-state index contributed by atoms with van der Waals surface area (Å²) in [7, 11) is 3.67. The SMILES string of the molecule is CCc1nc2cc(N(C)Cc3ccc(OC)cc3)ncc2cc1-c1cc(N)c(F)cc1C. The Labute approximate surface area is 187 Å². The average molecular weight is 431 g/mol. The molecule has 2 aromatic carbocycles. The number of anilines is 2. The van der Waals surface area contributed by atoms with E-state index in [2.05, 4.69) is 22.9 Å². The summed E-state index contributed by atoms with van der Waals surface area (Å²) in [6.07, 6.45) is 2.59. The molecule has 0 saturated carbocycles. The Hall–Kier alpha value is -3.67. The van der Waals surface area contributed by atoms with E-state index in [1.165, 1.54) is 6.07 Å². The number of aryl methyl sites for hydroxylation is 2. The lowest BCUT2D eigenvalue weighted by Crippen LogP contribution is -2.17. The van der Waals surface area contributed by atoms with Crippen LogP contribution in [0.1, 0.15) is 23.7 Å². The molecule has 0 bridgehead atoms. The standard InChI is InChI=1S/C26H27FN4O/c1-5-24-21(20-12-23(28)22(27)10-16(20)2)11-18-14-29-26(13-25(18)30-24)31(3)15-17-6-8-19(32-4)9-7-17/h6-14H,5,15,28H2,1-4H3. The van der Waals surface area contributed by atoms with Crippen LogP contribution in [0.5, 0.6) is 5.75 Å². The minimum atomic E-state index is -0.399. The van der Waals surface area contributed by atoms with Crippen molar-refractivity contribution >= 4 is 22.4 Å². The largest absolute Gasteiger partial charge is 0.497 e. The van der Waals surface area contributed by atoms with Crippen molar-refractivity contribution in [3.63, 3.8) is 0 Å². The third-order valence-corrected chi connectivity index (χ3v) is 5.70. The molecule has 32 heavy (non-hydrogen) atoms. The third-order valence-electron chi connectivity index (χ3n) is 5.70. The molecule has 2 N–H and O–H groups in total. The zero-order valence-corrected chi connectivity index (χ0v) is 18.8. The Balaban J connectivity index is 1.69. The predicted molar refractivity (Wildman–Crippen MR) is 129 cm³/mol. The summed E-state index contributed by atoms with van der Waals surface area (Å²) in [4.78, 5) is 11.7. The van der Waals surface area contributed by atoms with E-state index >= 15 is 0 Å². The fourth-order valence-corrected chi connectivity index (χ4v) is 3.87. The molecule has 4 aromatic rings. The quantitative estimate of drug-likeness (QED) is 0.407. The molecular formula is C26H27FN4O. The van der Waals surface area contributed by atoms with Gasteiger partial charge in [-0.3, -0.25) is 4.98 Å². The Bertz CT molecular complexity index is 1270. The Kier molecular flexibility index (Phi) is 5.95. The first-order valence-corrected chi connectivity index (χ1v) is 10.6. The van der Waals surface area contributed by atoms with Crippen LogP contribution < -0.4 is 15.4 Å². The zero-order valence-electron chi connectivity index (χ0n) is 18.8. The van der Waals surface area contributed by atoms with Crippen molar-refractivity contribution in [2.75, 3.05) is 24.8 Å². The molecule has 0 aliphatic heterocycles. The van der Waals surface area contributed by atoms with Gasteiger partial charge in [0.25, 0.3) is 0 Å².